The third kappa shape index (κ3) is 4.45. The number of aliphatic hydroxyl groups is 2. The first kappa shape index (κ1) is 16.8. The maximum atomic E-state index is 11.5. The molecule has 1 amide bonds. The van der Waals surface area contributed by atoms with Crippen LogP contribution in [-0.2, 0) is 17.6 Å². The van der Waals surface area contributed by atoms with Crippen LogP contribution in [0.4, 0.5) is 4.79 Å². The van der Waals surface area contributed by atoms with Gasteiger partial charge >= 0.3 is 6.09 Å². The van der Waals surface area contributed by atoms with Crippen LogP contribution in [0.25, 0.3) is 0 Å². The summed E-state index contributed by atoms with van der Waals surface area (Å²) in [6.07, 6.45) is 0.00669. The second-order valence-corrected chi connectivity index (χ2v) is 6.76. The number of amides is 1. The van der Waals surface area contributed by atoms with E-state index in [1.165, 1.54) is 11.1 Å². The first-order chi connectivity index (χ1) is 10.3. The highest BCUT2D eigenvalue weighted by molar-refractivity contribution is 5.67. The normalized spacial score (nSPS) is 16.2. The maximum Gasteiger partial charge on any atom is 0.407 e. The highest BCUT2D eigenvalue weighted by Crippen LogP contribution is 2.28. The lowest BCUT2D eigenvalue weighted by atomic mass is 9.85. The predicted molar refractivity (Wildman–Crippen MR) is 83.7 cm³/mol. The Morgan fingerprint density at radius 2 is 1.95 bits per heavy atom. The van der Waals surface area contributed by atoms with Crippen LogP contribution in [0.15, 0.2) is 18.2 Å². The number of nitrogens with one attached hydrogen (secondary N) is 1. The van der Waals surface area contributed by atoms with E-state index in [0.29, 0.717) is 0 Å². The fraction of sp³-hybridized carbons (Fsp3) is 0.588. The van der Waals surface area contributed by atoms with Gasteiger partial charge < -0.3 is 20.3 Å². The van der Waals surface area contributed by atoms with Crippen molar-refractivity contribution in [1.29, 1.82) is 0 Å². The molecule has 2 atom stereocenters. The van der Waals surface area contributed by atoms with E-state index in [-0.39, 0.29) is 13.0 Å². The van der Waals surface area contributed by atoms with Gasteiger partial charge in [0, 0.05) is 6.54 Å². The second-order valence-electron chi connectivity index (χ2n) is 6.76. The molecule has 0 spiro atoms. The van der Waals surface area contributed by atoms with Crippen molar-refractivity contribution < 1.29 is 19.7 Å². The van der Waals surface area contributed by atoms with Crippen LogP contribution in [0, 0.1) is 0 Å². The van der Waals surface area contributed by atoms with E-state index in [0.717, 1.165) is 18.4 Å². The van der Waals surface area contributed by atoms with Gasteiger partial charge in [-0.05, 0) is 56.7 Å². The summed E-state index contributed by atoms with van der Waals surface area (Å²) in [5.74, 6) is 0. The number of benzene rings is 1. The topological polar surface area (TPSA) is 78.8 Å². The zero-order valence-corrected chi connectivity index (χ0v) is 13.4. The minimum Gasteiger partial charge on any atom is -0.444 e. The van der Waals surface area contributed by atoms with Crippen molar-refractivity contribution in [2.75, 3.05) is 6.54 Å². The average molecular weight is 307 g/mol. The number of fused-ring (bicyclic) bond motifs is 1. The molecule has 5 heteroatoms. The molecule has 5 nitrogen and oxygen atoms in total. The number of ether oxygens (including phenoxy) is 1. The lowest BCUT2D eigenvalue weighted by Gasteiger charge is -2.24. The van der Waals surface area contributed by atoms with Gasteiger partial charge in [-0.1, -0.05) is 18.2 Å². The van der Waals surface area contributed by atoms with Gasteiger partial charge in [0.15, 0.2) is 0 Å². The summed E-state index contributed by atoms with van der Waals surface area (Å²) in [6, 6.07) is 5.81. The largest absolute Gasteiger partial charge is 0.444 e. The molecule has 1 aromatic carbocycles. The van der Waals surface area contributed by atoms with E-state index in [1.54, 1.807) is 20.8 Å². The summed E-state index contributed by atoms with van der Waals surface area (Å²) >= 11 is 0. The molecule has 0 aromatic heterocycles. The van der Waals surface area contributed by atoms with Crippen LogP contribution >= 0.6 is 0 Å². The van der Waals surface area contributed by atoms with Crippen molar-refractivity contribution in [3.8, 4) is 0 Å². The van der Waals surface area contributed by atoms with E-state index in [4.69, 9.17) is 4.74 Å². The fourth-order valence-electron chi connectivity index (χ4n) is 2.42. The molecular formula is C17H25NO4. The molecule has 1 aliphatic rings. The van der Waals surface area contributed by atoms with E-state index < -0.39 is 23.9 Å². The SMILES string of the molecule is CC(C)(C)OC(=O)NCCC(O)C(O)c1ccc2c(c1)CC2. The molecule has 0 saturated carbocycles. The Hall–Kier alpha value is -1.59. The van der Waals surface area contributed by atoms with Gasteiger partial charge in [-0.3, -0.25) is 0 Å². The molecule has 1 aliphatic carbocycles. The molecule has 0 bridgehead atoms. The van der Waals surface area contributed by atoms with E-state index in [9.17, 15) is 15.0 Å². The van der Waals surface area contributed by atoms with Gasteiger partial charge in [0.2, 0.25) is 0 Å². The van der Waals surface area contributed by atoms with E-state index in [1.807, 2.05) is 18.2 Å². The molecule has 2 unspecified atom stereocenters. The van der Waals surface area contributed by atoms with Gasteiger partial charge in [0.25, 0.3) is 0 Å². The van der Waals surface area contributed by atoms with Crippen molar-refractivity contribution in [2.45, 2.75) is 57.8 Å². The molecule has 0 radical (unpaired) electrons. The number of rotatable bonds is 5. The molecule has 2 rings (SSSR count). The number of alkyl carbamates (subject to hydrolysis) is 1. The Kier molecular flexibility index (Phi) is 5.08. The molecule has 3 N–H and O–H groups in total. The molecule has 0 heterocycles. The fourth-order valence-corrected chi connectivity index (χ4v) is 2.42. The third-order valence-corrected chi connectivity index (χ3v) is 3.71. The van der Waals surface area contributed by atoms with Crippen LogP contribution in [0.1, 0.15) is 50.0 Å². The minimum atomic E-state index is -0.939. The third-order valence-electron chi connectivity index (χ3n) is 3.71. The van der Waals surface area contributed by atoms with Gasteiger partial charge in [-0.25, -0.2) is 4.79 Å². The molecule has 0 saturated heterocycles. The Bertz CT molecular complexity index is 536. The zero-order chi connectivity index (χ0) is 16.3. The number of carbonyl (C=O) groups excluding carboxylic acids is 1. The lowest BCUT2D eigenvalue weighted by molar-refractivity contribution is 0.0122. The number of aliphatic hydroxyl groups excluding tert-OH is 2. The van der Waals surface area contributed by atoms with Crippen LogP contribution in [0.2, 0.25) is 0 Å². The highest BCUT2D eigenvalue weighted by atomic mass is 16.6. The predicted octanol–water partition coefficient (Wildman–Crippen LogP) is 2.09. The van der Waals surface area contributed by atoms with Gasteiger partial charge in [0.1, 0.15) is 11.7 Å². The number of hydrogen-bond donors (Lipinski definition) is 3. The maximum absolute atomic E-state index is 11.5. The zero-order valence-electron chi connectivity index (χ0n) is 13.4. The Morgan fingerprint density at radius 3 is 2.50 bits per heavy atom. The van der Waals surface area contributed by atoms with Crippen molar-refractivity contribution >= 4 is 6.09 Å². The Labute approximate surface area is 131 Å². The van der Waals surface area contributed by atoms with Crippen LogP contribution < -0.4 is 5.32 Å². The minimum absolute atomic E-state index is 0.248. The Balaban J connectivity index is 1.78. The Morgan fingerprint density at radius 1 is 1.27 bits per heavy atom. The monoisotopic (exact) mass is 307 g/mol. The average Bonchev–Trinajstić information content (AvgIpc) is 2.37. The standard InChI is InChI=1S/C17H25NO4/c1-17(2,3)22-16(21)18-9-8-14(19)15(20)13-7-5-11-4-6-12(11)10-13/h5,7,10,14-15,19-20H,4,6,8-9H2,1-3H3,(H,18,21). The number of aryl methyl sites for hydroxylation is 2. The number of carbonyl (C=O) groups is 1. The van der Waals surface area contributed by atoms with Gasteiger partial charge in [-0.15, -0.1) is 0 Å². The smallest absolute Gasteiger partial charge is 0.407 e. The van der Waals surface area contributed by atoms with E-state index >= 15 is 0 Å². The first-order valence-corrected chi connectivity index (χ1v) is 7.71. The lowest BCUT2D eigenvalue weighted by Crippen LogP contribution is -2.34. The highest BCUT2D eigenvalue weighted by Gasteiger charge is 2.22. The van der Waals surface area contributed by atoms with Gasteiger partial charge in [-0.2, -0.15) is 0 Å². The van der Waals surface area contributed by atoms with Crippen molar-refractivity contribution in [3.05, 3.63) is 34.9 Å². The summed E-state index contributed by atoms with van der Waals surface area (Å²) in [4.78, 5) is 11.5. The van der Waals surface area contributed by atoms with Crippen molar-refractivity contribution in [3.63, 3.8) is 0 Å². The summed E-state index contributed by atoms with van der Waals surface area (Å²) in [5.41, 5.74) is 2.74. The molecule has 122 valence electrons. The summed E-state index contributed by atoms with van der Waals surface area (Å²) < 4.78 is 5.11. The summed E-state index contributed by atoms with van der Waals surface area (Å²) in [6.45, 7) is 5.61. The van der Waals surface area contributed by atoms with E-state index in [2.05, 4.69) is 5.32 Å². The molecule has 22 heavy (non-hydrogen) atoms. The van der Waals surface area contributed by atoms with Crippen LogP contribution in [0.3, 0.4) is 0 Å². The molecule has 1 aromatic rings. The molecule has 0 fully saturated rings. The summed E-state index contributed by atoms with van der Waals surface area (Å²) in [5, 5.41) is 22.8. The quantitative estimate of drug-likeness (QED) is 0.778. The van der Waals surface area contributed by atoms with Gasteiger partial charge in [0.05, 0.1) is 6.10 Å². The summed E-state index contributed by atoms with van der Waals surface area (Å²) in [7, 11) is 0. The first-order valence-electron chi connectivity index (χ1n) is 7.71. The van der Waals surface area contributed by atoms with Crippen LogP contribution in [0.5, 0.6) is 0 Å². The second kappa shape index (κ2) is 6.67. The molecular weight excluding hydrogens is 282 g/mol. The van der Waals surface area contributed by atoms with Crippen molar-refractivity contribution in [2.24, 2.45) is 0 Å². The van der Waals surface area contributed by atoms with Crippen molar-refractivity contribution in [1.82, 2.24) is 5.32 Å². The number of hydrogen-bond acceptors (Lipinski definition) is 4. The molecule has 0 aliphatic heterocycles. The van der Waals surface area contributed by atoms with Crippen LogP contribution in [-0.4, -0.2) is 34.6 Å².